The summed E-state index contributed by atoms with van der Waals surface area (Å²) in [6.07, 6.45) is 3.05. The van der Waals surface area contributed by atoms with Crippen LogP contribution in [-0.4, -0.2) is 33.6 Å². The molecule has 0 radical (unpaired) electrons. The van der Waals surface area contributed by atoms with Crippen LogP contribution in [0.4, 0.5) is 10.5 Å². The molecule has 0 saturated carbocycles. The van der Waals surface area contributed by atoms with Gasteiger partial charge < -0.3 is 10.2 Å². The van der Waals surface area contributed by atoms with Crippen LogP contribution in [0.5, 0.6) is 0 Å². The maximum absolute atomic E-state index is 12.9. The molecule has 1 fully saturated rings. The van der Waals surface area contributed by atoms with Gasteiger partial charge in [-0.25, -0.2) is 9.78 Å². The van der Waals surface area contributed by atoms with E-state index in [-0.39, 0.29) is 17.6 Å². The fourth-order valence-electron chi connectivity index (χ4n) is 3.78. The molecule has 0 bridgehead atoms. The van der Waals surface area contributed by atoms with E-state index in [1.807, 2.05) is 38.1 Å². The number of anilines is 1. The van der Waals surface area contributed by atoms with Crippen LogP contribution in [0.1, 0.15) is 30.0 Å². The van der Waals surface area contributed by atoms with Gasteiger partial charge in [-0.05, 0) is 56.5 Å². The summed E-state index contributed by atoms with van der Waals surface area (Å²) in [6, 6.07) is 11.0. The Kier molecular flexibility index (Phi) is 5.28. The number of halogens is 1. The van der Waals surface area contributed by atoms with Gasteiger partial charge in [0.2, 0.25) is 0 Å². The number of carbonyl (C=O) groups excluding carboxylic acids is 1. The third-order valence-corrected chi connectivity index (χ3v) is 5.76. The predicted molar refractivity (Wildman–Crippen MR) is 116 cm³/mol. The van der Waals surface area contributed by atoms with Gasteiger partial charge >= 0.3 is 6.03 Å². The molecule has 6 nitrogen and oxygen atoms in total. The topological polar surface area (TPSA) is 67.2 Å². The van der Waals surface area contributed by atoms with Crippen molar-refractivity contribution in [3.05, 3.63) is 69.2 Å². The Balaban J connectivity index is 1.46. The summed E-state index contributed by atoms with van der Waals surface area (Å²) in [4.78, 5) is 31.8. The van der Waals surface area contributed by atoms with Crippen molar-refractivity contribution in [3.63, 3.8) is 0 Å². The Bertz CT molecular complexity index is 1130. The normalized spacial score (nSPS) is 14.9. The summed E-state index contributed by atoms with van der Waals surface area (Å²) in [5.41, 5.74) is 3.41. The molecular weight excluding hydrogens is 388 g/mol. The first kappa shape index (κ1) is 19.5. The second kappa shape index (κ2) is 7.87. The van der Waals surface area contributed by atoms with Crippen molar-refractivity contribution in [2.45, 2.75) is 32.7 Å². The first-order valence-corrected chi connectivity index (χ1v) is 10.1. The van der Waals surface area contributed by atoms with E-state index in [0.29, 0.717) is 41.9 Å². The number of aromatic nitrogens is 2. The fourth-order valence-corrected chi connectivity index (χ4v) is 3.95. The number of nitrogens with one attached hydrogen (secondary N) is 1. The highest BCUT2D eigenvalue weighted by Crippen LogP contribution is 2.24. The highest BCUT2D eigenvalue weighted by atomic mass is 35.5. The van der Waals surface area contributed by atoms with E-state index in [4.69, 9.17) is 11.6 Å². The van der Waals surface area contributed by atoms with Gasteiger partial charge in [-0.1, -0.05) is 29.3 Å². The molecule has 1 N–H and O–H groups in total. The zero-order valence-corrected chi connectivity index (χ0v) is 17.2. The van der Waals surface area contributed by atoms with Gasteiger partial charge in [-0.2, -0.15) is 0 Å². The molecule has 2 amide bonds. The van der Waals surface area contributed by atoms with Crippen LogP contribution in [0.15, 0.2) is 47.5 Å². The molecule has 3 aromatic rings. The highest BCUT2D eigenvalue weighted by molar-refractivity contribution is 6.31. The van der Waals surface area contributed by atoms with Crippen LogP contribution >= 0.6 is 11.6 Å². The van der Waals surface area contributed by atoms with Crippen LogP contribution in [0, 0.1) is 13.8 Å². The number of fused-ring (bicyclic) bond motifs is 1. The number of nitrogens with zero attached hydrogens (tertiary/aromatic N) is 3. The lowest BCUT2D eigenvalue weighted by molar-refractivity contribution is 0.182. The first-order valence-electron chi connectivity index (χ1n) is 9.72. The Hall–Kier alpha value is -2.86. The Morgan fingerprint density at radius 3 is 2.66 bits per heavy atom. The van der Waals surface area contributed by atoms with Crippen molar-refractivity contribution < 1.29 is 4.79 Å². The number of carbonyl (C=O) groups is 1. The minimum atomic E-state index is -0.145. The number of likely N-dealkylation sites (tertiary alicyclic amines) is 1. The summed E-state index contributed by atoms with van der Waals surface area (Å²) < 4.78 is 1.72. The number of benzene rings is 2. The van der Waals surface area contributed by atoms with E-state index >= 15 is 0 Å². The van der Waals surface area contributed by atoms with Crippen molar-refractivity contribution in [2.75, 3.05) is 18.4 Å². The van der Waals surface area contributed by atoms with E-state index in [2.05, 4.69) is 10.3 Å². The molecule has 150 valence electrons. The lowest BCUT2D eigenvalue weighted by Crippen LogP contribution is -2.42. The van der Waals surface area contributed by atoms with E-state index in [1.54, 1.807) is 27.9 Å². The van der Waals surface area contributed by atoms with Gasteiger partial charge in [0.15, 0.2) is 0 Å². The molecule has 0 spiro atoms. The number of amides is 2. The van der Waals surface area contributed by atoms with Crippen LogP contribution in [-0.2, 0) is 0 Å². The lowest BCUT2D eigenvalue weighted by Gasteiger charge is -2.33. The average Bonchev–Trinajstić information content (AvgIpc) is 2.71. The molecule has 1 aliphatic heterocycles. The van der Waals surface area contributed by atoms with E-state index in [1.165, 1.54) is 0 Å². The van der Waals surface area contributed by atoms with Crippen LogP contribution < -0.4 is 10.9 Å². The smallest absolute Gasteiger partial charge is 0.321 e. The third kappa shape index (κ3) is 3.98. The zero-order valence-electron chi connectivity index (χ0n) is 16.5. The Morgan fingerprint density at radius 2 is 1.90 bits per heavy atom. The third-order valence-electron chi connectivity index (χ3n) is 5.52. The molecule has 0 atom stereocenters. The summed E-state index contributed by atoms with van der Waals surface area (Å²) in [7, 11) is 0. The van der Waals surface area contributed by atoms with Crippen molar-refractivity contribution >= 4 is 34.2 Å². The molecule has 0 unspecified atom stereocenters. The minimum Gasteiger partial charge on any atom is -0.324 e. The van der Waals surface area contributed by atoms with E-state index < -0.39 is 0 Å². The van der Waals surface area contributed by atoms with Gasteiger partial charge in [-0.3, -0.25) is 9.36 Å². The maximum Gasteiger partial charge on any atom is 0.321 e. The molecule has 1 saturated heterocycles. The van der Waals surface area contributed by atoms with Crippen molar-refractivity contribution in [1.82, 2.24) is 14.5 Å². The fraction of sp³-hybridized carbons (Fsp3) is 0.318. The standard InChI is InChI=1S/C22H23ClN4O2/c1-14-3-6-19-18(11-14)21(28)27(13-24-19)17-7-9-26(10-8-17)22(29)25-20-12-16(23)5-4-15(20)2/h3-6,11-13,17H,7-10H2,1-2H3,(H,25,29). The number of hydrogen-bond donors (Lipinski definition) is 1. The van der Waals surface area contributed by atoms with Crippen molar-refractivity contribution in [3.8, 4) is 0 Å². The quantitative estimate of drug-likeness (QED) is 0.674. The average molecular weight is 411 g/mol. The van der Waals surface area contributed by atoms with Crippen LogP contribution in [0.25, 0.3) is 10.9 Å². The van der Waals surface area contributed by atoms with E-state index in [9.17, 15) is 9.59 Å². The molecule has 0 aliphatic carbocycles. The molecule has 2 heterocycles. The molecule has 1 aliphatic rings. The zero-order chi connectivity index (χ0) is 20.5. The van der Waals surface area contributed by atoms with E-state index in [0.717, 1.165) is 16.8 Å². The Morgan fingerprint density at radius 1 is 1.14 bits per heavy atom. The minimum absolute atomic E-state index is 0.0175. The van der Waals surface area contributed by atoms with Crippen molar-refractivity contribution in [2.24, 2.45) is 0 Å². The van der Waals surface area contributed by atoms with Gasteiger partial charge in [0.05, 0.1) is 17.2 Å². The highest BCUT2D eigenvalue weighted by Gasteiger charge is 2.25. The maximum atomic E-state index is 12.9. The van der Waals surface area contributed by atoms with Crippen molar-refractivity contribution in [1.29, 1.82) is 0 Å². The number of aryl methyl sites for hydroxylation is 2. The molecule has 4 rings (SSSR count). The summed E-state index contributed by atoms with van der Waals surface area (Å²) >= 11 is 6.04. The lowest BCUT2D eigenvalue weighted by atomic mass is 10.0. The molecule has 29 heavy (non-hydrogen) atoms. The summed E-state index contributed by atoms with van der Waals surface area (Å²) in [5.74, 6) is 0. The number of urea groups is 1. The van der Waals surface area contributed by atoms with Gasteiger partial charge in [0.1, 0.15) is 0 Å². The SMILES string of the molecule is Cc1ccc2ncn(C3CCN(C(=O)Nc4cc(Cl)ccc4C)CC3)c(=O)c2c1. The molecule has 1 aromatic heterocycles. The second-order valence-corrected chi connectivity index (χ2v) is 8.02. The number of hydrogen-bond acceptors (Lipinski definition) is 3. The largest absolute Gasteiger partial charge is 0.324 e. The molecule has 7 heteroatoms. The first-order chi connectivity index (χ1) is 13.9. The number of piperidine rings is 1. The monoisotopic (exact) mass is 410 g/mol. The van der Waals surface area contributed by atoms with Gasteiger partial charge in [0, 0.05) is 29.8 Å². The van der Waals surface area contributed by atoms with Gasteiger partial charge in [-0.15, -0.1) is 0 Å². The Labute approximate surface area is 174 Å². The van der Waals surface area contributed by atoms with Gasteiger partial charge in [0.25, 0.3) is 5.56 Å². The predicted octanol–water partition coefficient (Wildman–Crippen LogP) is 4.54. The second-order valence-electron chi connectivity index (χ2n) is 7.59. The number of rotatable bonds is 2. The van der Waals surface area contributed by atoms with Crippen LogP contribution in [0.2, 0.25) is 5.02 Å². The summed E-state index contributed by atoms with van der Waals surface area (Å²) in [5, 5.41) is 4.17. The molecular formula is C22H23ClN4O2. The van der Waals surface area contributed by atoms with Crippen LogP contribution in [0.3, 0.4) is 0 Å². The summed E-state index contributed by atoms with van der Waals surface area (Å²) in [6.45, 7) is 5.05. The molecule has 2 aromatic carbocycles.